The van der Waals surface area contributed by atoms with Gasteiger partial charge in [0.1, 0.15) is 5.54 Å². The number of carbonyl (C=O) groups excluding carboxylic acids is 2. The zero-order valence-corrected chi connectivity index (χ0v) is 13.4. The van der Waals surface area contributed by atoms with E-state index < -0.39 is 5.54 Å². The van der Waals surface area contributed by atoms with Crippen LogP contribution in [0.3, 0.4) is 0 Å². The molecule has 23 heavy (non-hydrogen) atoms. The Morgan fingerprint density at radius 2 is 1.83 bits per heavy atom. The average Bonchev–Trinajstić information content (AvgIpc) is 3.05. The lowest BCUT2D eigenvalue weighted by molar-refractivity contribution is -0.132. The summed E-state index contributed by atoms with van der Waals surface area (Å²) in [7, 11) is 0. The van der Waals surface area contributed by atoms with Crippen molar-refractivity contribution in [3.63, 3.8) is 0 Å². The van der Waals surface area contributed by atoms with E-state index in [2.05, 4.69) is 29.6 Å². The minimum atomic E-state index is -0.797. The van der Waals surface area contributed by atoms with E-state index in [1.165, 1.54) is 11.1 Å². The summed E-state index contributed by atoms with van der Waals surface area (Å²) in [5.41, 5.74) is 7.55. The molecule has 0 saturated heterocycles. The minimum absolute atomic E-state index is 0.000718. The summed E-state index contributed by atoms with van der Waals surface area (Å²) in [6.45, 7) is 0. The van der Waals surface area contributed by atoms with Crippen LogP contribution in [0.5, 0.6) is 0 Å². The highest BCUT2D eigenvalue weighted by Crippen LogP contribution is 2.60. The summed E-state index contributed by atoms with van der Waals surface area (Å²) < 4.78 is 0. The molecule has 0 aliphatic heterocycles. The number of aryl methyl sites for hydroxylation is 1. The van der Waals surface area contributed by atoms with E-state index >= 15 is 0 Å². The third-order valence-corrected chi connectivity index (χ3v) is 6.31. The van der Waals surface area contributed by atoms with Crippen molar-refractivity contribution in [2.45, 2.75) is 62.3 Å². The van der Waals surface area contributed by atoms with Crippen LogP contribution in [-0.2, 0) is 21.4 Å². The topological polar surface area (TPSA) is 72.2 Å². The van der Waals surface area contributed by atoms with Crippen LogP contribution < -0.4 is 11.1 Å². The van der Waals surface area contributed by atoms with Gasteiger partial charge in [0.05, 0.1) is 0 Å². The van der Waals surface area contributed by atoms with E-state index in [4.69, 9.17) is 5.73 Å². The van der Waals surface area contributed by atoms with Crippen LogP contribution in [0, 0.1) is 5.92 Å². The van der Waals surface area contributed by atoms with Crippen LogP contribution in [0.2, 0.25) is 0 Å². The van der Waals surface area contributed by atoms with Gasteiger partial charge in [0.2, 0.25) is 11.8 Å². The molecule has 2 amide bonds. The summed E-state index contributed by atoms with van der Waals surface area (Å²) >= 11 is 0. The predicted molar refractivity (Wildman–Crippen MR) is 87.7 cm³/mol. The highest BCUT2D eigenvalue weighted by Gasteiger charge is 2.61. The molecule has 3 aliphatic carbocycles. The first-order chi connectivity index (χ1) is 11.1. The van der Waals surface area contributed by atoms with E-state index in [9.17, 15) is 9.59 Å². The fraction of sp³-hybridized carbons (Fsp3) is 0.579. The largest absolute Gasteiger partial charge is 0.368 e. The molecule has 122 valence electrons. The van der Waals surface area contributed by atoms with Gasteiger partial charge in [-0.05, 0) is 49.7 Å². The summed E-state index contributed by atoms with van der Waals surface area (Å²) in [5, 5.41) is 3.04. The van der Waals surface area contributed by atoms with Gasteiger partial charge < -0.3 is 11.1 Å². The number of primary amides is 1. The van der Waals surface area contributed by atoms with Crippen molar-refractivity contribution in [3.05, 3.63) is 35.4 Å². The summed E-state index contributed by atoms with van der Waals surface area (Å²) in [6, 6.07) is 8.52. The van der Waals surface area contributed by atoms with E-state index in [1.807, 2.05) is 0 Å². The van der Waals surface area contributed by atoms with Gasteiger partial charge in [-0.2, -0.15) is 0 Å². The molecule has 2 fully saturated rings. The number of hydrogen-bond donors (Lipinski definition) is 2. The van der Waals surface area contributed by atoms with Crippen molar-refractivity contribution in [1.29, 1.82) is 0 Å². The second-order valence-corrected chi connectivity index (χ2v) is 7.57. The molecular formula is C19H24N2O2. The number of amides is 2. The number of nitrogens with two attached hydrogens (primary N) is 1. The maximum atomic E-state index is 12.8. The Balaban J connectivity index is 1.55. The molecule has 4 rings (SSSR count). The molecular weight excluding hydrogens is 288 g/mol. The normalized spacial score (nSPS) is 30.7. The van der Waals surface area contributed by atoms with Crippen molar-refractivity contribution in [3.8, 4) is 0 Å². The number of carbonyl (C=O) groups is 2. The third-order valence-electron chi connectivity index (χ3n) is 6.31. The van der Waals surface area contributed by atoms with Crippen LogP contribution in [0.1, 0.15) is 56.1 Å². The van der Waals surface area contributed by atoms with Crippen LogP contribution >= 0.6 is 0 Å². The van der Waals surface area contributed by atoms with E-state index in [0.717, 1.165) is 38.5 Å². The van der Waals surface area contributed by atoms with Gasteiger partial charge in [0.25, 0.3) is 0 Å². The maximum Gasteiger partial charge on any atom is 0.243 e. The first kappa shape index (κ1) is 14.7. The highest BCUT2D eigenvalue weighted by molar-refractivity contribution is 5.93. The Morgan fingerprint density at radius 3 is 2.57 bits per heavy atom. The lowest BCUT2D eigenvalue weighted by Gasteiger charge is -2.29. The van der Waals surface area contributed by atoms with Gasteiger partial charge in [-0.3, -0.25) is 9.59 Å². The van der Waals surface area contributed by atoms with Gasteiger partial charge in [0.15, 0.2) is 0 Å². The Kier molecular flexibility index (Phi) is 3.26. The molecule has 4 heteroatoms. The Morgan fingerprint density at radius 1 is 1.09 bits per heavy atom. The molecule has 3 N–H and O–H groups in total. The molecule has 2 atom stereocenters. The van der Waals surface area contributed by atoms with Crippen molar-refractivity contribution in [1.82, 2.24) is 5.32 Å². The smallest absolute Gasteiger partial charge is 0.243 e. The molecule has 0 heterocycles. The molecule has 1 aromatic carbocycles. The van der Waals surface area contributed by atoms with E-state index in [0.29, 0.717) is 12.8 Å². The molecule has 3 aliphatic rings. The van der Waals surface area contributed by atoms with Crippen LogP contribution in [0.4, 0.5) is 0 Å². The van der Waals surface area contributed by atoms with Crippen molar-refractivity contribution in [2.24, 2.45) is 11.7 Å². The predicted octanol–water partition coefficient (Wildman–Crippen LogP) is 2.19. The summed E-state index contributed by atoms with van der Waals surface area (Å²) in [5.74, 6) is -0.342. The van der Waals surface area contributed by atoms with Crippen LogP contribution in [0.25, 0.3) is 0 Å². The molecule has 0 aromatic heterocycles. The molecule has 2 saturated carbocycles. The Hall–Kier alpha value is -1.84. The second-order valence-electron chi connectivity index (χ2n) is 7.57. The summed E-state index contributed by atoms with van der Waals surface area (Å²) in [4.78, 5) is 24.7. The van der Waals surface area contributed by atoms with Gasteiger partial charge >= 0.3 is 0 Å². The van der Waals surface area contributed by atoms with Crippen molar-refractivity contribution in [2.75, 3.05) is 0 Å². The highest BCUT2D eigenvalue weighted by atomic mass is 16.2. The van der Waals surface area contributed by atoms with Crippen LogP contribution in [-0.4, -0.2) is 17.4 Å². The fourth-order valence-corrected chi connectivity index (χ4v) is 4.91. The SMILES string of the molecule is NC(=O)C1(NC(=O)[C@H]2C[C@@]23CCCc2ccccc23)CCCC1. The number of nitrogens with one attached hydrogen (secondary N) is 1. The number of hydrogen-bond acceptors (Lipinski definition) is 2. The minimum Gasteiger partial charge on any atom is -0.368 e. The molecule has 1 spiro atoms. The molecule has 0 radical (unpaired) electrons. The Labute approximate surface area is 136 Å². The third kappa shape index (κ3) is 2.19. The lowest BCUT2D eigenvalue weighted by atomic mass is 9.78. The summed E-state index contributed by atoms with van der Waals surface area (Å²) in [6.07, 6.45) is 7.52. The molecule has 1 aromatic rings. The maximum absolute atomic E-state index is 12.8. The molecule has 4 nitrogen and oxygen atoms in total. The standard InChI is InChI=1S/C19H24N2O2/c20-17(23)19(10-3-4-11-19)21-16(22)15-12-18(15)9-5-7-13-6-1-2-8-14(13)18/h1-2,6,8,15H,3-5,7,9-12H2,(H2,20,23)(H,21,22)/t15-,18-/m1/s1. The fourth-order valence-electron chi connectivity index (χ4n) is 4.91. The Bertz CT molecular complexity index is 663. The number of benzene rings is 1. The van der Waals surface area contributed by atoms with Gasteiger partial charge in [0, 0.05) is 11.3 Å². The van der Waals surface area contributed by atoms with Crippen LogP contribution in [0.15, 0.2) is 24.3 Å². The number of rotatable bonds is 3. The quantitative estimate of drug-likeness (QED) is 0.898. The van der Waals surface area contributed by atoms with E-state index in [-0.39, 0.29) is 23.1 Å². The van der Waals surface area contributed by atoms with Crippen molar-refractivity contribution < 1.29 is 9.59 Å². The zero-order chi connectivity index (χ0) is 16.1. The van der Waals surface area contributed by atoms with E-state index in [1.54, 1.807) is 0 Å². The van der Waals surface area contributed by atoms with Gasteiger partial charge in [-0.25, -0.2) is 0 Å². The van der Waals surface area contributed by atoms with Gasteiger partial charge in [-0.1, -0.05) is 37.1 Å². The monoisotopic (exact) mass is 312 g/mol. The lowest BCUT2D eigenvalue weighted by Crippen LogP contribution is -2.56. The second kappa shape index (κ2) is 5.08. The average molecular weight is 312 g/mol. The molecule has 0 bridgehead atoms. The van der Waals surface area contributed by atoms with Crippen molar-refractivity contribution >= 4 is 11.8 Å². The number of fused-ring (bicyclic) bond motifs is 2. The first-order valence-electron chi connectivity index (χ1n) is 8.78. The van der Waals surface area contributed by atoms with Gasteiger partial charge in [-0.15, -0.1) is 0 Å². The molecule has 0 unspecified atom stereocenters. The first-order valence-corrected chi connectivity index (χ1v) is 8.78. The zero-order valence-electron chi connectivity index (χ0n) is 13.4.